The number of hydrogen-bond acceptors (Lipinski definition) is 3. The zero-order valence-electron chi connectivity index (χ0n) is 10.9. The second-order valence-electron chi connectivity index (χ2n) is 4.73. The van der Waals surface area contributed by atoms with Crippen molar-refractivity contribution < 1.29 is 21.6 Å². The molecule has 0 bridgehead atoms. The topological polar surface area (TPSA) is 49.4 Å². The monoisotopic (exact) mass is 308 g/mol. The van der Waals surface area contributed by atoms with Crippen molar-refractivity contribution in [3.63, 3.8) is 0 Å². The summed E-state index contributed by atoms with van der Waals surface area (Å²) in [6, 6.07) is 4.38. The molecule has 1 aromatic carbocycles. The summed E-state index contributed by atoms with van der Waals surface area (Å²) in [5.74, 6) is 0. The van der Waals surface area contributed by atoms with Crippen LogP contribution in [0.4, 0.5) is 18.9 Å². The van der Waals surface area contributed by atoms with Crippen LogP contribution >= 0.6 is 0 Å². The molecule has 0 saturated carbocycles. The first-order chi connectivity index (χ1) is 9.20. The minimum Gasteiger partial charge on any atom is -0.385 e. The maximum atomic E-state index is 12.3. The van der Waals surface area contributed by atoms with E-state index < -0.39 is 22.7 Å². The Morgan fingerprint density at radius 2 is 2.05 bits per heavy atom. The third-order valence-corrected chi connectivity index (χ3v) is 4.92. The van der Waals surface area contributed by atoms with Gasteiger partial charge in [0.1, 0.15) is 6.54 Å². The van der Waals surface area contributed by atoms with Crippen molar-refractivity contribution in [2.24, 2.45) is 0 Å². The van der Waals surface area contributed by atoms with E-state index in [-0.39, 0.29) is 4.90 Å². The Labute approximate surface area is 115 Å². The number of anilines is 1. The minimum atomic E-state index is -4.56. The fraction of sp³-hybridized carbons (Fsp3) is 0.500. The molecule has 4 nitrogen and oxygen atoms in total. The van der Waals surface area contributed by atoms with Gasteiger partial charge in [0.2, 0.25) is 10.0 Å². The molecule has 0 unspecified atom stereocenters. The quantitative estimate of drug-likeness (QED) is 0.931. The van der Waals surface area contributed by atoms with Crippen LogP contribution in [-0.4, -0.2) is 39.0 Å². The Bertz CT molecular complexity index is 599. The van der Waals surface area contributed by atoms with Crippen molar-refractivity contribution in [2.45, 2.75) is 23.9 Å². The van der Waals surface area contributed by atoms with Gasteiger partial charge in [0.25, 0.3) is 0 Å². The number of aryl methyl sites for hydroxylation is 1. The smallest absolute Gasteiger partial charge is 0.385 e. The second-order valence-corrected chi connectivity index (χ2v) is 6.77. The van der Waals surface area contributed by atoms with Crippen LogP contribution in [0.1, 0.15) is 12.0 Å². The van der Waals surface area contributed by atoms with Crippen molar-refractivity contribution in [3.8, 4) is 0 Å². The molecule has 1 aromatic rings. The van der Waals surface area contributed by atoms with Crippen LogP contribution < -0.4 is 5.32 Å². The third kappa shape index (κ3) is 3.24. The number of rotatable bonds is 3. The first-order valence-electron chi connectivity index (χ1n) is 6.10. The Balaban J connectivity index is 2.30. The molecule has 0 spiro atoms. The molecule has 2 rings (SSSR count). The van der Waals surface area contributed by atoms with Crippen LogP contribution in [0.3, 0.4) is 0 Å². The fourth-order valence-corrected chi connectivity index (χ4v) is 3.34. The standard InChI is InChI=1S/C12H15F3N2O2S/c1-17(8-12(13,14)15)20(18,19)10-4-5-11-9(7-10)3-2-6-16-11/h4-5,7,16H,2-3,6,8H2,1H3. The lowest BCUT2D eigenvalue weighted by Gasteiger charge is -2.22. The first-order valence-corrected chi connectivity index (χ1v) is 7.54. The Hall–Kier alpha value is -1.28. The summed E-state index contributed by atoms with van der Waals surface area (Å²) in [7, 11) is -3.19. The average Bonchev–Trinajstić information content (AvgIpc) is 2.36. The third-order valence-electron chi connectivity index (χ3n) is 3.13. The lowest BCUT2D eigenvalue weighted by atomic mass is 10.0. The van der Waals surface area contributed by atoms with E-state index in [0.29, 0.717) is 10.7 Å². The summed E-state index contributed by atoms with van der Waals surface area (Å²) < 4.78 is 61.5. The van der Waals surface area contributed by atoms with E-state index >= 15 is 0 Å². The normalized spacial score (nSPS) is 15.8. The SMILES string of the molecule is CN(CC(F)(F)F)S(=O)(=O)c1ccc2c(c1)CCCN2. The molecule has 1 aliphatic heterocycles. The molecule has 0 atom stereocenters. The summed E-state index contributed by atoms with van der Waals surface area (Å²) in [5.41, 5.74) is 1.66. The Morgan fingerprint density at radius 1 is 1.35 bits per heavy atom. The first kappa shape index (κ1) is 15.1. The number of nitrogens with one attached hydrogen (secondary N) is 1. The lowest BCUT2D eigenvalue weighted by molar-refractivity contribution is -0.134. The molecular weight excluding hydrogens is 293 g/mol. The summed E-state index contributed by atoms with van der Waals surface area (Å²) in [6.45, 7) is -0.683. The molecule has 8 heteroatoms. The minimum absolute atomic E-state index is 0.105. The highest BCUT2D eigenvalue weighted by molar-refractivity contribution is 7.89. The van der Waals surface area contributed by atoms with E-state index in [1.807, 2.05) is 0 Å². The predicted octanol–water partition coefficient (Wildman–Crippen LogP) is 2.23. The van der Waals surface area contributed by atoms with Gasteiger partial charge in [0, 0.05) is 19.3 Å². The van der Waals surface area contributed by atoms with Crippen molar-refractivity contribution in [3.05, 3.63) is 23.8 Å². The van der Waals surface area contributed by atoms with Gasteiger partial charge in [-0.25, -0.2) is 8.42 Å². The molecule has 0 saturated heterocycles. The van der Waals surface area contributed by atoms with E-state index in [1.54, 1.807) is 6.07 Å². The molecule has 1 N–H and O–H groups in total. The number of hydrogen-bond donors (Lipinski definition) is 1. The van der Waals surface area contributed by atoms with Gasteiger partial charge in [-0.1, -0.05) is 0 Å². The molecule has 0 radical (unpaired) electrons. The van der Waals surface area contributed by atoms with Crippen LogP contribution in [0.2, 0.25) is 0 Å². The molecule has 112 valence electrons. The maximum Gasteiger partial charge on any atom is 0.402 e. The lowest BCUT2D eigenvalue weighted by Crippen LogP contribution is -2.35. The number of benzene rings is 1. The highest BCUT2D eigenvalue weighted by atomic mass is 32.2. The molecule has 1 heterocycles. The highest BCUT2D eigenvalue weighted by Crippen LogP contribution is 2.27. The van der Waals surface area contributed by atoms with E-state index in [1.165, 1.54) is 12.1 Å². The number of nitrogens with zero attached hydrogens (tertiary/aromatic N) is 1. The average molecular weight is 308 g/mol. The highest BCUT2D eigenvalue weighted by Gasteiger charge is 2.35. The van der Waals surface area contributed by atoms with Crippen molar-refractivity contribution >= 4 is 15.7 Å². The van der Waals surface area contributed by atoms with Crippen LogP contribution in [0.25, 0.3) is 0 Å². The van der Waals surface area contributed by atoms with Crippen molar-refractivity contribution in [1.29, 1.82) is 0 Å². The summed E-state index contributed by atoms with van der Waals surface area (Å²) >= 11 is 0. The maximum absolute atomic E-state index is 12.3. The zero-order valence-corrected chi connectivity index (χ0v) is 11.7. The number of halogens is 3. The van der Waals surface area contributed by atoms with Gasteiger partial charge in [-0.05, 0) is 36.6 Å². The molecule has 0 amide bonds. The molecule has 0 aliphatic carbocycles. The van der Waals surface area contributed by atoms with Gasteiger partial charge in [-0.2, -0.15) is 17.5 Å². The largest absolute Gasteiger partial charge is 0.402 e. The summed E-state index contributed by atoms with van der Waals surface area (Å²) in [4.78, 5) is -0.105. The summed E-state index contributed by atoms with van der Waals surface area (Å²) in [5, 5.41) is 3.12. The molecular formula is C12H15F3N2O2S. The summed E-state index contributed by atoms with van der Waals surface area (Å²) in [6.07, 6.45) is -2.97. The predicted molar refractivity (Wildman–Crippen MR) is 69.1 cm³/mol. The zero-order chi connectivity index (χ0) is 15.0. The van der Waals surface area contributed by atoms with Crippen LogP contribution in [0, 0.1) is 0 Å². The Morgan fingerprint density at radius 3 is 2.70 bits per heavy atom. The van der Waals surface area contributed by atoms with E-state index in [4.69, 9.17) is 0 Å². The van der Waals surface area contributed by atoms with E-state index in [0.717, 1.165) is 31.3 Å². The van der Waals surface area contributed by atoms with Crippen molar-refractivity contribution in [2.75, 3.05) is 25.5 Å². The van der Waals surface area contributed by atoms with Crippen LogP contribution in [0.15, 0.2) is 23.1 Å². The number of fused-ring (bicyclic) bond motifs is 1. The van der Waals surface area contributed by atoms with Crippen LogP contribution in [0.5, 0.6) is 0 Å². The number of sulfonamides is 1. The second kappa shape index (κ2) is 5.25. The fourth-order valence-electron chi connectivity index (χ4n) is 2.13. The van der Waals surface area contributed by atoms with Gasteiger partial charge in [0.05, 0.1) is 4.90 Å². The van der Waals surface area contributed by atoms with Gasteiger partial charge in [0.15, 0.2) is 0 Å². The molecule has 1 aliphatic rings. The van der Waals surface area contributed by atoms with Crippen LogP contribution in [-0.2, 0) is 16.4 Å². The van der Waals surface area contributed by atoms with Crippen molar-refractivity contribution in [1.82, 2.24) is 4.31 Å². The van der Waals surface area contributed by atoms with Gasteiger partial charge in [-0.3, -0.25) is 0 Å². The molecule has 0 fully saturated rings. The van der Waals surface area contributed by atoms with Gasteiger partial charge >= 0.3 is 6.18 Å². The van der Waals surface area contributed by atoms with Gasteiger partial charge in [-0.15, -0.1) is 0 Å². The Kier molecular flexibility index (Phi) is 3.97. The van der Waals surface area contributed by atoms with Gasteiger partial charge < -0.3 is 5.32 Å². The van der Waals surface area contributed by atoms with E-state index in [9.17, 15) is 21.6 Å². The molecule has 0 aromatic heterocycles. The number of alkyl halides is 3. The van der Waals surface area contributed by atoms with E-state index in [2.05, 4.69) is 5.32 Å². The molecule has 20 heavy (non-hydrogen) atoms.